The molecule has 5 rings (SSSR count). The fraction of sp³-hybridized carbons (Fsp3) is 0.486. The van der Waals surface area contributed by atoms with E-state index >= 15 is 0 Å². The molecule has 3 N–H and O–H groups in total. The van der Waals surface area contributed by atoms with Gasteiger partial charge >= 0.3 is 0 Å². The molecule has 1 unspecified atom stereocenters. The second kappa shape index (κ2) is 16.7. The molecule has 1 aromatic heterocycles. The lowest BCUT2D eigenvalue weighted by Crippen LogP contribution is -2.50. The van der Waals surface area contributed by atoms with Gasteiger partial charge in [0.15, 0.2) is 18.1 Å². The van der Waals surface area contributed by atoms with Crippen LogP contribution >= 0.6 is 11.3 Å². The van der Waals surface area contributed by atoms with Gasteiger partial charge in [0.05, 0.1) is 19.1 Å². The zero-order valence-corrected chi connectivity index (χ0v) is 27.7. The van der Waals surface area contributed by atoms with Gasteiger partial charge < -0.3 is 25.4 Å². The number of methoxy groups -OCH3 is 1. The van der Waals surface area contributed by atoms with Crippen molar-refractivity contribution >= 4 is 29.1 Å². The lowest BCUT2D eigenvalue weighted by Gasteiger charge is -2.33. The van der Waals surface area contributed by atoms with Crippen LogP contribution < -0.4 is 25.4 Å². The van der Waals surface area contributed by atoms with Gasteiger partial charge in [-0.2, -0.15) is 0 Å². The van der Waals surface area contributed by atoms with Crippen molar-refractivity contribution in [1.82, 2.24) is 25.8 Å². The molecule has 47 heavy (non-hydrogen) atoms. The molecule has 12 heteroatoms. The number of nitrogens with zero attached hydrogens (tertiary/aromatic N) is 2. The average Bonchev–Trinajstić information content (AvgIpc) is 3.72. The first-order valence-electron chi connectivity index (χ1n) is 16.3. The molecule has 2 heterocycles. The van der Waals surface area contributed by atoms with Crippen LogP contribution in [0, 0.1) is 17.2 Å². The summed E-state index contributed by atoms with van der Waals surface area (Å²) >= 11 is 1.57. The molecule has 2 aliphatic rings. The van der Waals surface area contributed by atoms with Crippen LogP contribution in [-0.4, -0.2) is 74.0 Å². The van der Waals surface area contributed by atoms with Crippen molar-refractivity contribution in [2.75, 3.05) is 46.4 Å². The zero-order chi connectivity index (χ0) is 33.1. The van der Waals surface area contributed by atoms with Crippen molar-refractivity contribution in [3.05, 3.63) is 76.0 Å². The number of nitrogens with one attached hydrogen (secondary N) is 3. The number of carbonyl (C=O) groups is 3. The maximum Gasteiger partial charge on any atom is 0.257 e. The van der Waals surface area contributed by atoms with Crippen molar-refractivity contribution in [3.8, 4) is 11.5 Å². The summed E-state index contributed by atoms with van der Waals surface area (Å²) in [7, 11) is 1.54. The molecule has 1 fully saturated rings. The van der Waals surface area contributed by atoms with E-state index in [0.717, 1.165) is 29.0 Å². The van der Waals surface area contributed by atoms with Crippen LogP contribution in [0.25, 0.3) is 0 Å². The Labute approximate surface area is 279 Å². The molecule has 0 spiro atoms. The molecule has 1 saturated carbocycles. The lowest BCUT2D eigenvalue weighted by atomic mass is 9.75. The van der Waals surface area contributed by atoms with E-state index in [9.17, 15) is 18.8 Å². The van der Waals surface area contributed by atoms with Gasteiger partial charge in [0.2, 0.25) is 11.8 Å². The Hall–Kier alpha value is -4.03. The Morgan fingerprint density at radius 1 is 1.17 bits per heavy atom. The molecule has 3 aromatic rings. The quantitative estimate of drug-likeness (QED) is 0.317. The molecule has 0 radical (unpaired) electrons. The molecule has 3 amide bonds. The molecule has 0 saturated heterocycles. The lowest BCUT2D eigenvalue weighted by molar-refractivity contribution is -0.132. The first kappa shape index (κ1) is 34.3. The van der Waals surface area contributed by atoms with E-state index in [2.05, 4.69) is 25.8 Å². The highest BCUT2D eigenvalue weighted by molar-refractivity contribution is 7.09. The number of benzene rings is 2. The average molecular weight is 666 g/mol. The van der Waals surface area contributed by atoms with Crippen molar-refractivity contribution in [1.29, 1.82) is 0 Å². The zero-order valence-electron chi connectivity index (χ0n) is 26.9. The van der Waals surface area contributed by atoms with Gasteiger partial charge in [0.1, 0.15) is 10.8 Å². The SMILES string of the molecule is COc1ccc2cc1OCC(=O)NCCN(Cc1nccs1)CCCC(=O)NCC(CC1CC1)(C(=O)NCCc1cccc(F)c1)C2. The van der Waals surface area contributed by atoms with Gasteiger partial charge in [0.25, 0.3) is 5.91 Å². The van der Waals surface area contributed by atoms with Gasteiger partial charge in [-0.15, -0.1) is 11.3 Å². The van der Waals surface area contributed by atoms with Crippen LogP contribution in [0.2, 0.25) is 0 Å². The third-order valence-electron chi connectivity index (χ3n) is 8.67. The number of hydrogen-bond acceptors (Lipinski definition) is 8. The highest BCUT2D eigenvalue weighted by Crippen LogP contribution is 2.43. The second-order valence-electron chi connectivity index (χ2n) is 12.4. The number of carbonyl (C=O) groups excluding carboxylic acids is 3. The smallest absolute Gasteiger partial charge is 0.257 e. The summed E-state index contributed by atoms with van der Waals surface area (Å²) < 4.78 is 25.2. The Bertz CT molecular complexity index is 1500. The topological polar surface area (TPSA) is 122 Å². The fourth-order valence-electron chi connectivity index (χ4n) is 6.03. The third-order valence-corrected chi connectivity index (χ3v) is 9.43. The van der Waals surface area contributed by atoms with Gasteiger partial charge in [-0.1, -0.05) is 31.0 Å². The molecule has 1 atom stereocenters. The van der Waals surface area contributed by atoms with E-state index in [-0.39, 0.29) is 36.7 Å². The van der Waals surface area contributed by atoms with Gasteiger partial charge in [-0.3, -0.25) is 19.3 Å². The summed E-state index contributed by atoms with van der Waals surface area (Å²) in [4.78, 5) is 46.7. The van der Waals surface area contributed by atoms with E-state index in [4.69, 9.17) is 9.47 Å². The standard InChI is InChI=1S/C35H44FN5O5S/c1-45-29-10-9-27-19-30(29)46-23-32(43)37-13-16-41(22-33-38-14-17-47-33)15-3-6-31(42)40-24-35(21-27,20-26-7-8-26)34(44)39-12-11-25-4-2-5-28(36)18-25/h2,4-5,9-10,14,17-19,26H,3,6-8,11-13,15-16,20-24H2,1H3,(H,37,43)(H,39,44)(H,40,42). The summed E-state index contributed by atoms with van der Waals surface area (Å²) in [6, 6.07) is 11.9. The molecule has 10 nitrogen and oxygen atoms in total. The monoisotopic (exact) mass is 665 g/mol. The Kier molecular flexibility index (Phi) is 12.2. The Morgan fingerprint density at radius 2 is 2.04 bits per heavy atom. The van der Waals surface area contributed by atoms with Gasteiger partial charge in [-0.25, -0.2) is 9.37 Å². The molecule has 2 bridgehead atoms. The normalized spacial score (nSPS) is 20.2. The van der Waals surface area contributed by atoms with Crippen LogP contribution in [0.15, 0.2) is 54.0 Å². The highest BCUT2D eigenvalue weighted by Gasteiger charge is 2.43. The molecule has 252 valence electrons. The maximum absolute atomic E-state index is 14.2. The van der Waals surface area contributed by atoms with E-state index in [1.807, 2.05) is 23.6 Å². The largest absolute Gasteiger partial charge is 0.493 e. The Morgan fingerprint density at radius 3 is 2.81 bits per heavy atom. The first-order valence-corrected chi connectivity index (χ1v) is 17.2. The number of rotatable bonds is 9. The van der Waals surface area contributed by atoms with E-state index in [1.54, 1.807) is 29.7 Å². The van der Waals surface area contributed by atoms with Crippen LogP contribution in [-0.2, 0) is 33.8 Å². The van der Waals surface area contributed by atoms with Crippen LogP contribution in [0.1, 0.15) is 48.2 Å². The van der Waals surface area contributed by atoms with Crippen LogP contribution in [0.5, 0.6) is 11.5 Å². The van der Waals surface area contributed by atoms with Crippen molar-refractivity contribution in [3.63, 3.8) is 0 Å². The molecule has 2 aromatic carbocycles. The minimum absolute atomic E-state index is 0.111. The summed E-state index contributed by atoms with van der Waals surface area (Å²) in [6.07, 6.45) is 6.21. The fourth-order valence-corrected chi connectivity index (χ4v) is 6.69. The van der Waals surface area contributed by atoms with Crippen LogP contribution in [0.4, 0.5) is 4.39 Å². The van der Waals surface area contributed by atoms with Crippen molar-refractivity contribution in [2.45, 2.75) is 51.5 Å². The maximum atomic E-state index is 14.2. The predicted molar refractivity (Wildman–Crippen MR) is 178 cm³/mol. The minimum atomic E-state index is -0.926. The molecular weight excluding hydrogens is 621 g/mol. The summed E-state index contributed by atoms with van der Waals surface area (Å²) in [6.45, 7) is 2.62. The number of hydrogen-bond donors (Lipinski definition) is 3. The molecule has 1 aliphatic heterocycles. The van der Waals surface area contributed by atoms with Crippen molar-refractivity contribution in [2.24, 2.45) is 11.3 Å². The first-order chi connectivity index (χ1) is 22.8. The van der Waals surface area contributed by atoms with Crippen LogP contribution in [0.3, 0.4) is 0 Å². The molecule has 1 aliphatic carbocycles. The number of aromatic nitrogens is 1. The van der Waals surface area contributed by atoms with Crippen molar-refractivity contribution < 1.29 is 28.2 Å². The number of halogens is 1. The highest BCUT2D eigenvalue weighted by atomic mass is 32.1. The number of fused-ring (bicyclic) bond motifs is 2. The number of amides is 3. The summed E-state index contributed by atoms with van der Waals surface area (Å²) in [5.74, 6) is 0.437. The van der Waals surface area contributed by atoms with E-state index in [0.29, 0.717) is 82.2 Å². The van der Waals surface area contributed by atoms with Gasteiger partial charge in [0, 0.05) is 44.2 Å². The minimum Gasteiger partial charge on any atom is -0.493 e. The number of ether oxygens (including phenoxy) is 2. The summed E-state index contributed by atoms with van der Waals surface area (Å²) in [5.41, 5.74) is 0.699. The number of thiazole rings is 1. The second-order valence-corrected chi connectivity index (χ2v) is 13.4. The summed E-state index contributed by atoms with van der Waals surface area (Å²) in [5, 5.41) is 12.0. The van der Waals surface area contributed by atoms with E-state index in [1.165, 1.54) is 19.2 Å². The van der Waals surface area contributed by atoms with Gasteiger partial charge in [-0.05, 0) is 73.5 Å². The third kappa shape index (κ3) is 10.5. The Balaban J connectivity index is 1.37. The van der Waals surface area contributed by atoms with E-state index < -0.39 is 5.41 Å². The predicted octanol–water partition coefficient (Wildman–Crippen LogP) is 3.89. The molecular formula is C35H44FN5O5S.